The number of aliphatic hydroxyl groups excluding tert-OH is 1. The molecule has 0 aromatic heterocycles. The quantitative estimate of drug-likeness (QED) is 0.472. The SMILES string of the molecule is C[C@@H]1CC(O)CC(=O)O1. The number of esters is 1. The summed E-state index contributed by atoms with van der Waals surface area (Å²) in [6.45, 7) is 1.78. The first-order valence-corrected chi connectivity index (χ1v) is 3.06. The Bertz CT molecular complexity index is 109. The molecule has 1 aliphatic heterocycles. The summed E-state index contributed by atoms with van der Waals surface area (Å²) >= 11 is 0. The van der Waals surface area contributed by atoms with Crippen molar-refractivity contribution in [2.75, 3.05) is 0 Å². The van der Waals surface area contributed by atoms with E-state index < -0.39 is 6.10 Å². The van der Waals surface area contributed by atoms with Gasteiger partial charge < -0.3 is 9.84 Å². The van der Waals surface area contributed by atoms with Crippen molar-refractivity contribution in [3.8, 4) is 0 Å². The standard InChI is InChI=1S/C6H10O3/c1-4-2-5(7)3-6(8)9-4/h4-5,7H,2-3H2,1H3/t4-,5?/m1/s1. The van der Waals surface area contributed by atoms with Crippen molar-refractivity contribution in [3.05, 3.63) is 0 Å². The van der Waals surface area contributed by atoms with E-state index in [0.717, 1.165) is 0 Å². The average molecular weight is 130 g/mol. The smallest absolute Gasteiger partial charge is 0.308 e. The Hall–Kier alpha value is -0.570. The summed E-state index contributed by atoms with van der Waals surface area (Å²) in [6.07, 6.45) is 0.137. The fourth-order valence-electron chi connectivity index (χ4n) is 0.979. The number of aliphatic hydroxyl groups is 1. The van der Waals surface area contributed by atoms with Gasteiger partial charge in [0.1, 0.15) is 6.10 Å². The molecule has 1 saturated heterocycles. The topological polar surface area (TPSA) is 46.5 Å². The normalized spacial score (nSPS) is 36.0. The highest BCUT2D eigenvalue weighted by molar-refractivity contribution is 5.70. The minimum Gasteiger partial charge on any atom is -0.462 e. The van der Waals surface area contributed by atoms with Crippen LogP contribution in [-0.2, 0) is 9.53 Å². The lowest BCUT2D eigenvalue weighted by Crippen LogP contribution is -2.30. The number of carbonyl (C=O) groups is 1. The largest absolute Gasteiger partial charge is 0.462 e. The van der Waals surface area contributed by atoms with Crippen LogP contribution < -0.4 is 0 Å². The number of carbonyl (C=O) groups excluding carboxylic acids is 1. The van der Waals surface area contributed by atoms with E-state index in [9.17, 15) is 4.79 Å². The molecule has 0 radical (unpaired) electrons. The first-order valence-electron chi connectivity index (χ1n) is 3.06. The molecule has 1 rings (SSSR count). The predicted octanol–water partition coefficient (Wildman–Crippen LogP) is 0.0728. The molecule has 3 heteroatoms. The van der Waals surface area contributed by atoms with E-state index in [1.54, 1.807) is 6.92 Å². The Morgan fingerprint density at radius 2 is 2.44 bits per heavy atom. The molecule has 1 heterocycles. The second kappa shape index (κ2) is 2.35. The van der Waals surface area contributed by atoms with Gasteiger partial charge in [-0.2, -0.15) is 0 Å². The molecule has 0 saturated carbocycles. The molecular weight excluding hydrogens is 120 g/mol. The number of cyclic esters (lactones) is 1. The third-order valence-corrected chi connectivity index (χ3v) is 1.34. The molecule has 1 fully saturated rings. The van der Waals surface area contributed by atoms with Crippen LogP contribution in [0, 0.1) is 0 Å². The van der Waals surface area contributed by atoms with Crippen LogP contribution in [0.3, 0.4) is 0 Å². The molecule has 0 aromatic carbocycles. The van der Waals surface area contributed by atoms with E-state index in [2.05, 4.69) is 0 Å². The lowest BCUT2D eigenvalue weighted by Gasteiger charge is -2.22. The van der Waals surface area contributed by atoms with E-state index >= 15 is 0 Å². The molecule has 0 spiro atoms. The first-order chi connectivity index (χ1) is 4.18. The van der Waals surface area contributed by atoms with Gasteiger partial charge in [0, 0.05) is 6.42 Å². The maximum Gasteiger partial charge on any atom is 0.308 e. The zero-order valence-corrected chi connectivity index (χ0v) is 5.33. The highest BCUT2D eigenvalue weighted by Gasteiger charge is 2.23. The van der Waals surface area contributed by atoms with E-state index in [-0.39, 0.29) is 18.5 Å². The summed E-state index contributed by atoms with van der Waals surface area (Å²) in [4.78, 5) is 10.5. The van der Waals surface area contributed by atoms with Gasteiger partial charge in [-0.1, -0.05) is 0 Å². The third-order valence-electron chi connectivity index (χ3n) is 1.34. The Morgan fingerprint density at radius 3 is 2.89 bits per heavy atom. The fourth-order valence-corrected chi connectivity index (χ4v) is 0.979. The van der Waals surface area contributed by atoms with Crippen molar-refractivity contribution >= 4 is 5.97 Å². The van der Waals surface area contributed by atoms with Crippen LogP contribution in [0.5, 0.6) is 0 Å². The summed E-state index contributed by atoms with van der Waals surface area (Å²) in [5, 5.41) is 8.95. The van der Waals surface area contributed by atoms with Crippen LogP contribution in [0.1, 0.15) is 19.8 Å². The molecule has 2 atom stereocenters. The van der Waals surface area contributed by atoms with Gasteiger partial charge in [0.25, 0.3) is 0 Å². The second-order valence-electron chi connectivity index (χ2n) is 2.39. The van der Waals surface area contributed by atoms with E-state index in [1.165, 1.54) is 0 Å². The van der Waals surface area contributed by atoms with Gasteiger partial charge in [-0.15, -0.1) is 0 Å². The number of hydrogen-bond donors (Lipinski definition) is 1. The summed E-state index contributed by atoms with van der Waals surface area (Å²) in [7, 11) is 0. The molecule has 1 N–H and O–H groups in total. The number of ether oxygens (including phenoxy) is 1. The monoisotopic (exact) mass is 130 g/mol. The van der Waals surface area contributed by atoms with Crippen molar-refractivity contribution in [1.82, 2.24) is 0 Å². The Labute approximate surface area is 53.6 Å². The molecule has 52 valence electrons. The van der Waals surface area contributed by atoms with Gasteiger partial charge >= 0.3 is 5.97 Å². The van der Waals surface area contributed by atoms with Crippen molar-refractivity contribution < 1.29 is 14.6 Å². The third kappa shape index (κ3) is 1.68. The van der Waals surface area contributed by atoms with Gasteiger partial charge in [-0.3, -0.25) is 4.79 Å². The van der Waals surface area contributed by atoms with Crippen LogP contribution in [-0.4, -0.2) is 23.3 Å². The van der Waals surface area contributed by atoms with Crippen LogP contribution in [0.15, 0.2) is 0 Å². The lowest BCUT2D eigenvalue weighted by molar-refractivity contribution is -0.158. The van der Waals surface area contributed by atoms with Crippen LogP contribution in [0.4, 0.5) is 0 Å². The second-order valence-corrected chi connectivity index (χ2v) is 2.39. The molecule has 1 unspecified atom stereocenters. The maximum absolute atomic E-state index is 10.5. The van der Waals surface area contributed by atoms with Gasteiger partial charge in [0.2, 0.25) is 0 Å². The number of rotatable bonds is 0. The van der Waals surface area contributed by atoms with Crippen molar-refractivity contribution in [3.63, 3.8) is 0 Å². The minimum atomic E-state index is -0.485. The summed E-state index contributed by atoms with van der Waals surface area (Å²) < 4.78 is 4.76. The molecular formula is C6H10O3. The average Bonchev–Trinajstić information content (AvgIpc) is 1.59. The van der Waals surface area contributed by atoms with Crippen molar-refractivity contribution in [1.29, 1.82) is 0 Å². The van der Waals surface area contributed by atoms with Gasteiger partial charge in [-0.25, -0.2) is 0 Å². The number of hydrogen-bond acceptors (Lipinski definition) is 3. The molecule has 0 aliphatic carbocycles. The predicted molar refractivity (Wildman–Crippen MR) is 30.8 cm³/mol. The molecule has 0 aromatic rings. The summed E-state index contributed by atoms with van der Waals surface area (Å²) in [6, 6.07) is 0. The zero-order valence-electron chi connectivity index (χ0n) is 5.33. The maximum atomic E-state index is 10.5. The lowest BCUT2D eigenvalue weighted by atomic mass is 10.1. The summed E-state index contributed by atoms with van der Waals surface area (Å²) in [5.41, 5.74) is 0. The summed E-state index contributed by atoms with van der Waals surface area (Å²) in [5.74, 6) is -0.291. The highest BCUT2D eigenvalue weighted by Crippen LogP contribution is 2.13. The van der Waals surface area contributed by atoms with Crippen LogP contribution in [0.25, 0.3) is 0 Å². The van der Waals surface area contributed by atoms with Gasteiger partial charge in [0.05, 0.1) is 12.5 Å². The van der Waals surface area contributed by atoms with Crippen molar-refractivity contribution in [2.24, 2.45) is 0 Å². The van der Waals surface area contributed by atoms with Gasteiger partial charge in [-0.05, 0) is 6.92 Å². The zero-order chi connectivity index (χ0) is 6.85. The minimum absolute atomic E-state index is 0.110. The van der Waals surface area contributed by atoms with Gasteiger partial charge in [0.15, 0.2) is 0 Å². The Morgan fingerprint density at radius 1 is 1.78 bits per heavy atom. The van der Waals surface area contributed by atoms with Crippen LogP contribution in [0.2, 0.25) is 0 Å². The molecule has 0 amide bonds. The van der Waals surface area contributed by atoms with E-state index in [4.69, 9.17) is 9.84 Å². The first kappa shape index (κ1) is 6.55. The van der Waals surface area contributed by atoms with Crippen LogP contribution >= 0.6 is 0 Å². The molecule has 9 heavy (non-hydrogen) atoms. The molecule has 3 nitrogen and oxygen atoms in total. The Balaban J connectivity index is 2.43. The highest BCUT2D eigenvalue weighted by atomic mass is 16.5. The molecule has 1 aliphatic rings. The molecule has 0 bridgehead atoms. The van der Waals surface area contributed by atoms with Crippen molar-refractivity contribution in [2.45, 2.75) is 32.0 Å². The fraction of sp³-hybridized carbons (Fsp3) is 0.833. The van der Waals surface area contributed by atoms with E-state index in [0.29, 0.717) is 6.42 Å². The van der Waals surface area contributed by atoms with E-state index in [1.807, 2.05) is 0 Å². The Kier molecular flexibility index (Phi) is 1.71.